The van der Waals surface area contributed by atoms with Crippen LogP contribution in [0.4, 0.5) is 20.3 Å². The number of nitrogens with zero attached hydrogens (tertiary/aromatic N) is 4. The highest BCUT2D eigenvalue weighted by atomic mass is 19.1. The van der Waals surface area contributed by atoms with E-state index in [0.717, 1.165) is 12.1 Å². The van der Waals surface area contributed by atoms with Crippen molar-refractivity contribution in [2.45, 2.75) is 39.8 Å². The van der Waals surface area contributed by atoms with Gasteiger partial charge in [-0.2, -0.15) is 5.10 Å². The van der Waals surface area contributed by atoms with Crippen LogP contribution in [0.15, 0.2) is 30.6 Å². The number of hydrogen-bond donors (Lipinski definition) is 1. The number of anilines is 2. The molecule has 2 aromatic heterocycles. The summed E-state index contributed by atoms with van der Waals surface area (Å²) in [5.41, 5.74) is -1.75. The third kappa shape index (κ3) is 6.22. The Morgan fingerprint density at radius 2 is 1.86 bits per heavy atom. The number of carbonyl (C=O) groups is 3. The lowest BCUT2D eigenvalue weighted by Crippen LogP contribution is -2.26. The van der Waals surface area contributed by atoms with Gasteiger partial charge in [-0.1, -0.05) is 6.07 Å². The molecule has 35 heavy (non-hydrogen) atoms. The van der Waals surface area contributed by atoms with Gasteiger partial charge in [0.25, 0.3) is 0 Å². The normalized spacial score (nSPS) is 11.1. The highest BCUT2D eigenvalue weighted by molar-refractivity contribution is 6.02. The van der Waals surface area contributed by atoms with E-state index in [4.69, 9.17) is 9.47 Å². The van der Waals surface area contributed by atoms with Crippen molar-refractivity contribution in [2.75, 3.05) is 11.9 Å². The van der Waals surface area contributed by atoms with Crippen LogP contribution >= 0.6 is 0 Å². The number of carbonyl (C=O) groups excluding carboxylic acids is 3. The summed E-state index contributed by atoms with van der Waals surface area (Å²) in [5, 5.41) is 6.84. The van der Waals surface area contributed by atoms with Gasteiger partial charge in [0.15, 0.2) is 12.1 Å². The molecule has 10 nitrogen and oxygen atoms in total. The van der Waals surface area contributed by atoms with Crippen molar-refractivity contribution in [1.82, 2.24) is 19.7 Å². The van der Waals surface area contributed by atoms with Crippen molar-refractivity contribution in [3.8, 4) is 11.4 Å². The lowest BCUT2D eigenvalue weighted by Gasteiger charge is -2.19. The van der Waals surface area contributed by atoms with Crippen LogP contribution in [-0.4, -0.2) is 50.2 Å². The van der Waals surface area contributed by atoms with Crippen molar-refractivity contribution < 1.29 is 32.6 Å². The number of benzene rings is 1. The molecule has 0 aliphatic heterocycles. The fourth-order valence-corrected chi connectivity index (χ4v) is 3.04. The molecule has 0 bridgehead atoms. The average molecular weight is 487 g/mol. The highest BCUT2D eigenvalue weighted by Gasteiger charge is 2.25. The maximum absolute atomic E-state index is 14.4. The number of halogens is 2. The van der Waals surface area contributed by atoms with Gasteiger partial charge >= 0.3 is 11.9 Å². The van der Waals surface area contributed by atoms with Gasteiger partial charge in [0, 0.05) is 6.20 Å². The molecule has 0 aliphatic rings. The number of nitrogens with one attached hydrogen (secondary N) is 1. The summed E-state index contributed by atoms with van der Waals surface area (Å²) < 4.78 is 40.3. The Morgan fingerprint density at radius 3 is 2.46 bits per heavy atom. The van der Waals surface area contributed by atoms with Crippen LogP contribution in [0.2, 0.25) is 0 Å². The average Bonchev–Trinajstić information content (AvgIpc) is 3.18. The number of esters is 2. The number of hydrogen-bond acceptors (Lipinski definition) is 9. The minimum atomic E-state index is -0.957. The second-order valence-electron chi connectivity index (χ2n) is 8.23. The van der Waals surface area contributed by atoms with Crippen LogP contribution in [0.3, 0.4) is 0 Å². The number of aromatic nitrogens is 4. The zero-order valence-corrected chi connectivity index (χ0v) is 19.5. The summed E-state index contributed by atoms with van der Waals surface area (Å²) in [6.45, 7) is 6.55. The van der Waals surface area contributed by atoms with E-state index in [0.29, 0.717) is 0 Å². The molecule has 0 fully saturated rings. The van der Waals surface area contributed by atoms with Crippen molar-refractivity contribution in [3.05, 3.63) is 53.5 Å². The van der Waals surface area contributed by atoms with E-state index < -0.39 is 46.3 Å². The second-order valence-corrected chi connectivity index (χ2v) is 8.23. The molecule has 2 heterocycles. The Bertz CT molecular complexity index is 1250. The SMILES string of the molecule is CCOC(=O)c1c(C=O)nc(-c2c(F)cccc2F)nc1Nc1cnn(CC(=O)OC(C)(C)C)c1. The van der Waals surface area contributed by atoms with E-state index in [9.17, 15) is 23.2 Å². The molecule has 0 aliphatic carbocycles. The smallest absolute Gasteiger partial charge is 0.344 e. The molecule has 3 rings (SSSR count). The van der Waals surface area contributed by atoms with Crippen LogP contribution in [0.25, 0.3) is 11.4 Å². The summed E-state index contributed by atoms with van der Waals surface area (Å²) in [4.78, 5) is 44.4. The van der Waals surface area contributed by atoms with E-state index >= 15 is 0 Å². The number of ether oxygens (including phenoxy) is 2. The van der Waals surface area contributed by atoms with Crippen LogP contribution in [0, 0.1) is 11.6 Å². The van der Waals surface area contributed by atoms with Gasteiger partial charge in [-0.25, -0.2) is 23.5 Å². The molecule has 1 N–H and O–H groups in total. The topological polar surface area (TPSA) is 125 Å². The van der Waals surface area contributed by atoms with Crippen molar-refractivity contribution >= 4 is 29.7 Å². The Balaban J connectivity index is 2.03. The van der Waals surface area contributed by atoms with E-state index in [2.05, 4.69) is 20.4 Å². The molecule has 3 aromatic rings. The lowest BCUT2D eigenvalue weighted by molar-refractivity contribution is -0.155. The fraction of sp³-hybridized carbons (Fsp3) is 0.304. The number of aldehydes is 1. The first kappa shape index (κ1) is 25.4. The standard InChI is InChI=1S/C23H23F2N5O5/c1-5-34-22(33)19-16(12-31)28-20(18-14(24)7-6-8-15(18)25)29-21(19)27-13-9-26-30(10-13)11-17(32)35-23(2,3)4/h6-10,12H,5,11H2,1-4H3,(H,27,28,29). The van der Waals surface area contributed by atoms with Gasteiger partial charge in [-0.3, -0.25) is 14.3 Å². The van der Waals surface area contributed by atoms with E-state index in [1.807, 2.05) is 0 Å². The first-order chi connectivity index (χ1) is 16.5. The summed E-state index contributed by atoms with van der Waals surface area (Å²) in [6, 6.07) is 3.19. The molecular formula is C23H23F2N5O5. The Kier molecular flexibility index (Phi) is 7.52. The van der Waals surface area contributed by atoms with Crippen LogP contribution < -0.4 is 5.32 Å². The molecule has 0 unspecified atom stereocenters. The molecule has 184 valence electrons. The molecule has 0 atom stereocenters. The maximum Gasteiger partial charge on any atom is 0.344 e. The number of rotatable bonds is 8. The zero-order valence-electron chi connectivity index (χ0n) is 19.5. The fourth-order valence-electron chi connectivity index (χ4n) is 3.04. The Labute approximate surface area is 199 Å². The second kappa shape index (κ2) is 10.4. The molecule has 0 radical (unpaired) electrons. The quantitative estimate of drug-likeness (QED) is 0.374. The van der Waals surface area contributed by atoms with Crippen LogP contribution in [0.1, 0.15) is 48.5 Å². The Hall–Kier alpha value is -4.22. The van der Waals surface area contributed by atoms with E-state index in [-0.39, 0.29) is 36.5 Å². The Morgan fingerprint density at radius 1 is 1.17 bits per heavy atom. The van der Waals surface area contributed by atoms with E-state index in [1.165, 1.54) is 23.1 Å². The molecule has 0 saturated carbocycles. The summed E-state index contributed by atoms with van der Waals surface area (Å²) in [7, 11) is 0. The van der Waals surface area contributed by atoms with Crippen molar-refractivity contribution in [2.24, 2.45) is 0 Å². The summed E-state index contributed by atoms with van der Waals surface area (Å²) >= 11 is 0. The van der Waals surface area contributed by atoms with Crippen LogP contribution in [-0.2, 0) is 20.8 Å². The molecule has 0 spiro atoms. The molecule has 0 saturated heterocycles. The summed E-state index contributed by atoms with van der Waals surface area (Å²) in [6.07, 6.45) is 3.00. The van der Waals surface area contributed by atoms with Gasteiger partial charge in [-0.05, 0) is 39.8 Å². The zero-order chi connectivity index (χ0) is 25.8. The summed E-state index contributed by atoms with van der Waals surface area (Å²) in [5.74, 6) is -4.06. The van der Waals surface area contributed by atoms with Crippen molar-refractivity contribution in [3.63, 3.8) is 0 Å². The minimum absolute atomic E-state index is 0.00587. The molecular weight excluding hydrogens is 464 g/mol. The maximum atomic E-state index is 14.4. The molecule has 0 amide bonds. The highest BCUT2D eigenvalue weighted by Crippen LogP contribution is 2.28. The largest absolute Gasteiger partial charge is 0.462 e. The van der Waals surface area contributed by atoms with Gasteiger partial charge in [0.05, 0.1) is 24.1 Å². The lowest BCUT2D eigenvalue weighted by atomic mass is 10.1. The van der Waals surface area contributed by atoms with Gasteiger partial charge in [-0.15, -0.1) is 0 Å². The first-order valence-electron chi connectivity index (χ1n) is 10.5. The third-order valence-corrected chi connectivity index (χ3v) is 4.32. The van der Waals surface area contributed by atoms with E-state index in [1.54, 1.807) is 27.7 Å². The van der Waals surface area contributed by atoms with Gasteiger partial charge < -0.3 is 14.8 Å². The predicted octanol–water partition coefficient (Wildman–Crippen LogP) is 3.69. The predicted molar refractivity (Wildman–Crippen MR) is 120 cm³/mol. The monoisotopic (exact) mass is 487 g/mol. The molecule has 12 heteroatoms. The minimum Gasteiger partial charge on any atom is -0.462 e. The van der Waals surface area contributed by atoms with Crippen molar-refractivity contribution in [1.29, 1.82) is 0 Å². The van der Waals surface area contributed by atoms with Crippen LogP contribution in [0.5, 0.6) is 0 Å². The first-order valence-corrected chi connectivity index (χ1v) is 10.5. The van der Waals surface area contributed by atoms with Gasteiger partial charge in [0.1, 0.15) is 40.9 Å². The van der Waals surface area contributed by atoms with Gasteiger partial charge in [0.2, 0.25) is 0 Å². The molecule has 1 aromatic carbocycles. The third-order valence-electron chi connectivity index (χ3n) is 4.32.